The molecule has 0 saturated heterocycles. The van der Waals surface area contributed by atoms with Crippen LogP contribution in [0, 0.1) is 0 Å². The minimum absolute atomic E-state index is 0.183. The van der Waals surface area contributed by atoms with Gasteiger partial charge in [-0.25, -0.2) is 0 Å². The van der Waals surface area contributed by atoms with Crippen LogP contribution in [0.2, 0.25) is 0 Å². The van der Waals surface area contributed by atoms with Gasteiger partial charge < -0.3 is 13.3 Å². The van der Waals surface area contributed by atoms with Gasteiger partial charge in [-0.15, -0.1) is 0 Å². The fraction of sp³-hybridized carbons (Fsp3) is 0.333. The first-order valence-corrected chi connectivity index (χ1v) is 11.2. The van der Waals surface area contributed by atoms with Crippen LogP contribution in [-0.4, -0.2) is 59.9 Å². The van der Waals surface area contributed by atoms with E-state index in [-0.39, 0.29) is 24.4 Å². The number of ether oxygens (including phenoxy) is 2. The molecule has 2 rings (SSSR count). The van der Waals surface area contributed by atoms with Gasteiger partial charge in [0.05, 0.1) is 13.2 Å². The highest BCUT2D eigenvalue weighted by atomic mass is 27.1. The lowest BCUT2D eigenvalue weighted by atomic mass is 10.1. The van der Waals surface area contributed by atoms with Gasteiger partial charge in [-0.05, 0) is 20.8 Å². The second-order valence-electron chi connectivity index (χ2n) is 6.12. The van der Waals surface area contributed by atoms with Gasteiger partial charge in [0.1, 0.15) is 12.8 Å². The summed E-state index contributed by atoms with van der Waals surface area (Å²) in [7, 11) is 0. The van der Waals surface area contributed by atoms with Gasteiger partial charge in [-0.3, -0.25) is 19.2 Å². The minimum atomic E-state index is -0.471. The quantitative estimate of drug-likeness (QED) is 0.246. The second-order valence-corrected chi connectivity index (χ2v) is 6.70. The lowest BCUT2D eigenvalue weighted by Gasteiger charge is -2.00. The number of hydrogen-bond acceptors (Lipinski definition) is 7. The molecule has 7 nitrogen and oxygen atoms in total. The molecule has 0 unspecified atom stereocenters. The van der Waals surface area contributed by atoms with Gasteiger partial charge in [0.15, 0.2) is 11.6 Å². The van der Waals surface area contributed by atoms with Crippen molar-refractivity contribution in [3.63, 3.8) is 0 Å². The Kier molecular flexibility index (Phi) is 17.3. The van der Waals surface area contributed by atoms with Crippen LogP contribution in [-0.2, 0) is 22.9 Å². The summed E-state index contributed by atoms with van der Waals surface area (Å²) in [5.41, 5.74) is 1.08. The molecule has 0 aliphatic rings. The number of hydrogen-bond donors (Lipinski definition) is 0. The van der Waals surface area contributed by atoms with Gasteiger partial charge >= 0.3 is 28.6 Å². The molecule has 0 aliphatic heterocycles. The van der Waals surface area contributed by atoms with Crippen molar-refractivity contribution in [2.45, 2.75) is 33.6 Å². The van der Waals surface area contributed by atoms with Crippen molar-refractivity contribution in [1.82, 2.24) is 0 Å². The van der Waals surface area contributed by atoms with Gasteiger partial charge in [0.25, 0.3) is 0 Å². The molecule has 0 aromatic heterocycles. The number of esters is 2. The van der Waals surface area contributed by atoms with Crippen molar-refractivity contribution in [2.24, 2.45) is 0 Å². The average Bonchev–Trinajstić information content (AvgIpc) is 2.81. The Bertz CT molecular complexity index is 738. The standard InChI is InChI=1S/2C11H12O3.C2H5O.Al.2H/c2*1-2-14-11(13)8-10(12)9-6-4-3-5-7-9;1-2-3;;;/h2*3-7H,2,8H2,1H3;2H2,1H3;;;/q;;-1;+1;;. The molecule has 0 atom stereocenters. The van der Waals surface area contributed by atoms with Gasteiger partial charge in [-0.2, -0.15) is 0 Å². The van der Waals surface area contributed by atoms with Crippen LogP contribution in [0.4, 0.5) is 0 Å². The summed E-state index contributed by atoms with van der Waals surface area (Å²) in [4.78, 5) is 44.8. The molecule has 0 N–H and O–H groups in total. The van der Waals surface area contributed by atoms with Crippen LogP contribution in [0.5, 0.6) is 0 Å². The molecule has 0 heterocycles. The zero-order valence-corrected chi connectivity index (χ0v) is 21.2. The maximum Gasteiger partial charge on any atom is 0.410 e. The zero-order valence-electron chi connectivity index (χ0n) is 19.2. The summed E-state index contributed by atoms with van der Waals surface area (Å²) in [6, 6.07) is 17.4. The fourth-order valence-corrected chi connectivity index (χ4v) is 2.14. The number of rotatable bonds is 9. The van der Waals surface area contributed by atoms with Crippen molar-refractivity contribution in [1.29, 1.82) is 0 Å². The summed E-state index contributed by atoms with van der Waals surface area (Å²) >= 11 is 0.890. The van der Waals surface area contributed by atoms with Crippen LogP contribution >= 0.6 is 0 Å². The smallest absolute Gasteiger partial charge is 0.410 e. The van der Waals surface area contributed by atoms with E-state index in [0.29, 0.717) is 24.3 Å². The fourth-order valence-electron chi connectivity index (χ4n) is 2.14. The zero-order chi connectivity index (χ0) is 24.2. The molecule has 0 saturated carbocycles. The topological polar surface area (TPSA) is 96.0 Å². The highest BCUT2D eigenvalue weighted by Gasteiger charge is 2.12. The number of carbonyl (C=O) groups is 4. The van der Waals surface area contributed by atoms with Gasteiger partial charge in [-0.1, -0.05) is 60.7 Å². The molecular weight excluding hydrogens is 427 g/mol. The van der Waals surface area contributed by atoms with Gasteiger partial charge in [0, 0.05) is 17.7 Å². The van der Waals surface area contributed by atoms with Crippen molar-refractivity contribution >= 4 is 40.1 Å². The third-order valence-corrected chi connectivity index (χ3v) is 4.28. The first-order valence-electron chi connectivity index (χ1n) is 10.4. The van der Waals surface area contributed by atoms with E-state index in [1.165, 1.54) is 0 Å². The number of ketones is 2. The van der Waals surface area contributed by atoms with E-state index in [1.54, 1.807) is 62.4 Å². The van der Waals surface area contributed by atoms with E-state index < -0.39 is 11.9 Å². The van der Waals surface area contributed by atoms with E-state index in [9.17, 15) is 19.2 Å². The van der Waals surface area contributed by atoms with Crippen LogP contribution in [0.15, 0.2) is 60.7 Å². The molecular formula is C24H31AlO7. The predicted octanol–water partition coefficient (Wildman–Crippen LogP) is 3.22. The monoisotopic (exact) mass is 458 g/mol. The Morgan fingerprint density at radius 1 is 0.625 bits per heavy atom. The Balaban J connectivity index is 0.000000515. The first-order chi connectivity index (χ1) is 15.4. The largest absolute Gasteiger partial charge is 0.506 e. The molecule has 0 fully saturated rings. The lowest BCUT2D eigenvalue weighted by molar-refractivity contribution is -0.143. The lowest BCUT2D eigenvalue weighted by Crippen LogP contribution is -2.11. The Morgan fingerprint density at radius 2 is 0.938 bits per heavy atom. The Morgan fingerprint density at radius 3 is 1.19 bits per heavy atom. The molecule has 0 aliphatic carbocycles. The third kappa shape index (κ3) is 14.3. The molecule has 0 spiro atoms. The Hall–Kier alpha value is -2.79. The van der Waals surface area contributed by atoms with Crippen molar-refractivity contribution in [3.05, 3.63) is 71.8 Å². The van der Waals surface area contributed by atoms with Crippen LogP contribution < -0.4 is 0 Å². The normalized spacial score (nSPS) is 9.22. The average molecular weight is 458 g/mol. The van der Waals surface area contributed by atoms with Crippen LogP contribution in [0.1, 0.15) is 54.3 Å². The van der Waals surface area contributed by atoms with E-state index in [2.05, 4.69) is 13.3 Å². The molecule has 0 radical (unpaired) electrons. The van der Waals surface area contributed by atoms with Crippen LogP contribution in [0.25, 0.3) is 0 Å². The first kappa shape index (κ1) is 29.2. The maximum absolute atomic E-state index is 11.4. The highest BCUT2D eigenvalue weighted by molar-refractivity contribution is 6.06. The molecule has 8 heteroatoms. The second kappa shape index (κ2) is 18.9. The van der Waals surface area contributed by atoms with E-state index in [1.807, 2.05) is 19.1 Å². The Labute approximate surface area is 197 Å². The van der Waals surface area contributed by atoms with Crippen LogP contribution in [0.3, 0.4) is 0 Å². The van der Waals surface area contributed by atoms with Crippen molar-refractivity contribution in [3.8, 4) is 0 Å². The number of benzene rings is 2. The van der Waals surface area contributed by atoms with E-state index in [4.69, 9.17) is 0 Å². The summed E-state index contributed by atoms with van der Waals surface area (Å²) in [6.45, 7) is 6.91. The minimum Gasteiger partial charge on any atom is -0.506 e. The SMILES string of the molecule is CCOC(=O)CC(=O)c1ccccc1.CCOC(=O)CC(=O)c1ccccc1.CC[O][AlH2]. The van der Waals surface area contributed by atoms with Crippen molar-refractivity contribution < 1.29 is 32.4 Å². The predicted molar refractivity (Wildman–Crippen MR) is 124 cm³/mol. The molecule has 172 valence electrons. The summed E-state index contributed by atoms with van der Waals surface area (Å²) in [5.74, 6) is -1.35. The maximum atomic E-state index is 11.4. The van der Waals surface area contributed by atoms with Gasteiger partial charge in [0.2, 0.25) is 0 Å². The van der Waals surface area contributed by atoms with E-state index >= 15 is 0 Å². The van der Waals surface area contributed by atoms with Crippen molar-refractivity contribution in [2.75, 3.05) is 19.8 Å². The molecule has 0 bridgehead atoms. The molecule has 32 heavy (non-hydrogen) atoms. The summed E-state index contributed by atoms with van der Waals surface area (Å²) in [5, 5.41) is 0. The summed E-state index contributed by atoms with van der Waals surface area (Å²) in [6.07, 6.45) is -0.365. The number of carbonyl (C=O) groups excluding carboxylic acids is 4. The summed E-state index contributed by atoms with van der Waals surface area (Å²) < 4.78 is 14.0. The highest BCUT2D eigenvalue weighted by Crippen LogP contribution is 2.04. The molecule has 2 aromatic carbocycles. The number of Topliss-reactive ketones (excluding diaryl/α,β-unsaturated/α-hetero) is 2. The molecule has 0 amide bonds. The van der Waals surface area contributed by atoms with E-state index in [0.717, 1.165) is 23.2 Å². The third-order valence-electron chi connectivity index (χ3n) is 3.70. The molecule has 2 aromatic rings.